The quantitative estimate of drug-likeness (QED) is 0.492. The molecule has 1 rings (SSSR count). The Morgan fingerprint density at radius 1 is 1.46 bits per heavy atom. The van der Waals surface area contributed by atoms with Crippen molar-refractivity contribution in [2.45, 2.75) is 30.0 Å². The van der Waals surface area contributed by atoms with E-state index in [1.165, 1.54) is 7.11 Å². The van der Waals surface area contributed by atoms with Crippen LogP contribution >= 0.6 is 11.6 Å². The highest BCUT2D eigenvalue weighted by Crippen LogP contribution is 2.24. The van der Waals surface area contributed by atoms with Crippen LogP contribution in [0.25, 0.3) is 0 Å². The Hall–Kier alpha value is 0.0900. The lowest BCUT2D eigenvalue weighted by Crippen LogP contribution is -2.57. The van der Waals surface area contributed by atoms with Gasteiger partial charge >= 0.3 is 0 Å². The maximum atomic E-state index is 9.45. The van der Waals surface area contributed by atoms with Crippen molar-refractivity contribution in [2.75, 3.05) is 13.7 Å². The molecule has 0 bridgehead atoms. The minimum Gasteiger partial charge on any atom is -0.389 e. The first-order valence-electron chi connectivity index (χ1n) is 4.00. The van der Waals surface area contributed by atoms with Gasteiger partial charge in [-0.3, -0.25) is 0 Å². The van der Waals surface area contributed by atoms with Crippen LogP contribution in [0.5, 0.6) is 0 Å². The second kappa shape index (κ2) is 4.54. The Morgan fingerprint density at radius 3 is 2.54 bits per heavy atom. The molecule has 5 atom stereocenters. The van der Waals surface area contributed by atoms with Crippen LogP contribution < -0.4 is 5.73 Å². The monoisotopic (exact) mass is 211 g/mol. The SMILES string of the molecule is CO[C@H]1O[C@H](CN)[C@H](Cl)[C@H](O)[C@H]1O. The molecule has 1 saturated heterocycles. The maximum absolute atomic E-state index is 9.45. The predicted octanol–water partition coefficient (Wildman–Crippen LogP) is -1.35. The molecule has 1 fully saturated rings. The van der Waals surface area contributed by atoms with Gasteiger partial charge in [-0.2, -0.15) is 0 Å². The lowest BCUT2D eigenvalue weighted by Gasteiger charge is -2.39. The van der Waals surface area contributed by atoms with Crippen LogP contribution in [0.2, 0.25) is 0 Å². The van der Waals surface area contributed by atoms with E-state index in [0.717, 1.165) is 0 Å². The van der Waals surface area contributed by atoms with Crippen molar-refractivity contribution in [3.05, 3.63) is 0 Å². The van der Waals surface area contributed by atoms with Crippen molar-refractivity contribution < 1.29 is 19.7 Å². The summed E-state index contributed by atoms with van der Waals surface area (Å²) in [6.07, 6.45) is -3.56. The maximum Gasteiger partial charge on any atom is 0.186 e. The molecule has 0 unspecified atom stereocenters. The van der Waals surface area contributed by atoms with Gasteiger partial charge in [0.1, 0.15) is 12.2 Å². The molecule has 13 heavy (non-hydrogen) atoms. The Bertz CT molecular complexity index is 151. The summed E-state index contributed by atoms with van der Waals surface area (Å²) in [5, 5.41) is 18.1. The van der Waals surface area contributed by atoms with E-state index in [4.69, 9.17) is 26.8 Å². The van der Waals surface area contributed by atoms with E-state index in [1.54, 1.807) is 0 Å². The summed E-state index contributed by atoms with van der Waals surface area (Å²) in [7, 11) is 1.38. The zero-order valence-electron chi connectivity index (χ0n) is 7.26. The van der Waals surface area contributed by atoms with Crippen molar-refractivity contribution in [1.82, 2.24) is 0 Å². The molecule has 4 N–H and O–H groups in total. The van der Waals surface area contributed by atoms with Crippen LogP contribution in [0.3, 0.4) is 0 Å². The molecule has 1 aliphatic heterocycles. The van der Waals surface area contributed by atoms with Crippen molar-refractivity contribution >= 4 is 11.6 Å². The topological polar surface area (TPSA) is 84.9 Å². The Kier molecular flexibility index (Phi) is 3.90. The molecule has 0 aromatic heterocycles. The molecule has 5 nitrogen and oxygen atoms in total. The summed E-state index contributed by atoms with van der Waals surface area (Å²) in [4.78, 5) is 0. The van der Waals surface area contributed by atoms with E-state index in [-0.39, 0.29) is 6.54 Å². The van der Waals surface area contributed by atoms with Crippen molar-refractivity contribution in [1.29, 1.82) is 0 Å². The van der Waals surface area contributed by atoms with Crippen LogP contribution in [0, 0.1) is 0 Å². The molecule has 0 aromatic carbocycles. The minimum atomic E-state index is -1.13. The molecule has 78 valence electrons. The Labute approximate surface area is 81.4 Å². The van der Waals surface area contributed by atoms with E-state index >= 15 is 0 Å². The van der Waals surface area contributed by atoms with E-state index in [1.807, 2.05) is 0 Å². The van der Waals surface area contributed by atoms with E-state index in [9.17, 15) is 10.2 Å². The van der Waals surface area contributed by atoms with Gasteiger partial charge in [0, 0.05) is 13.7 Å². The zero-order chi connectivity index (χ0) is 10.0. The smallest absolute Gasteiger partial charge is 0.186 e. The fourth-order valence-corrected chi connectivity index (χ4v) is 1.59. The van der Waals surface area contributed by atoms with E-state index < -0.39 is 30.0 Å². The Morgan fingerprint density at radius 2 is 2.08 bits per heavy atom. The lowest BCUT2D eigenvalue weighted by atomic mass is 10.0. The number of nitrogens with two attached hydrogens (primary N) is 1. The average molecular weight is 212 g/mol. The normalized spacial score (nSPS) is 46.4. The summed E-state index contributed by atoms with van der Waals surface area (Å²) in [6, 6.07) is 0. The van der Waals surface area contributed by atoms with Gasteiger partial charge < -0.3 is 25.4 Å². The van der Waals surface area contributed by atoms with Crippen LogP contribution in [-0.4, -0.2) is 53.8 Å². The second-order valence-corrected chi connectivity index (χ2v) is 3.44. The number of aliphatic hydroxyl groups excluding tert-OH is 2. The number of halogens is 1. The van der Waals surface area contributed by atoms with Gasteiger partial charge in [0.15, 0.2) is 6.29 Å². The van der Waals surface area contributed by atoms with Gasteiger partial charge in [0.05, 0.1) is 11.5 Å². The lowest BCUT2D eigenvalue weighted by molar-refractivity contribution is -0.253. The molecule has 1 heterocycles. The molecule has 1 aliphatic rings. The minimum absolute atomic E-state index is 0.178. The van der Waals surface area contributed by atoms with Crippen molar-refractivity contribution in [3.63, 3.8) is 0 Å². The summed E-state index contributed by atoms with van der Waals surface area (Å²) in [5.41, 5.74) is 5.36. The Balaban J connectivity index is 2.66. The summed E-state index contributed by atoms with van der Waals surface area (Å²) in [5.74, 6) is 0. The fourth-order valence-electron chi connectivity index (χ4n) is 1.28. The molecule has 6 heteroatoms. The number of alkyl halides is 1. The van der Waals surface area contributed by atoms with Crippen molar-refractivity contribution in [2.24, 2.45) is 5.73 Å². The number of rotatable bonds is 2. The molecular formula is C7H14ClNO4. The van der Waals surface area contributed by atoms with Gasteiger partial charge in [-0.05, 0) is 0 Å². The number of hydrogen-bond donors (Lipinski definition) is 3. The highest BCUT2D eigenvalue weighted by molar-refractivity contribution is 6.21. The van der Waals surface area contributed by atoms with E-state index in [0.29, 0.717) is 0 Å². The first-order valence-corrected chi connectivity index (χ1v) is 4.44. The van der Waals surface area contributed by atoms with Crippen LogP contribution in [0.1, 0.15) is 0 Å². The third-order valence-electron chi connectivity index (χ3n) is 2.08. The fraction of sp³-hybridized carbons (Fsp3) is 1.00. The van der Waals surface area contributed by atoms with Gasteiger partial charge in [0.25, 0.3) is 0 Å². The summed E-state index contributed by atoms with van der Waals surface area (Å²) >= 11 is 5.78. The molecular weight excluding hydrogens is 198 g/mol. The number of methoxy groups -OCH3 is 1. The first kappa shape index (κ1) is 11.2. The summed E-state index contributed by atoms with van der Waals surface area (Å²) < 4.78 is 10.00. The highest BCUT2D eigenvalue weighted by Gasteiger charge is 2.43. The third-order valence-corrected chi connectivity index (χ3v) is 2.62. The van der Waals surface area contributed by atoms with Crippen LogP contribution in [0.4, 0.5) is 0 Å². The third kappa shape index (κ3) is 2.12. The van der Waals surface area contributed by atoms with Crippen LogP contribution in [0.15, 0.2) is 0 Å². The molecule has 0 saturated carbocycles. The van der Waals surface area contributed by atoms with Crippen LogP contribution in [-0.2, 0) is 9.47 Å². The van der Waals surface area contributed by atoms with Gasteiger partial charge in [-0.1, -0.05) is 0 Å². The highest BCUT2D eigenvalue weighted by atomic mass is 35.5. The molecule has 0 aromatic rings. The number of aliphatic hydroxyl groups is 2. The molecule has 0 amide bonds. The summed E-state index contributed by atoms with van der Waals surface area (Å²) in [6.45, 7) is 0.178. The molecule has 0 aliphatic carbocycles. The largest absolute Gasteiger partial charge is 0.389 e. The van der Waals surface area contributed by atoms with Crippen molar-refractivity contribution in [3.8, 4) is 0 Å². The molecule has 0 spiro atoms. The van der Waals surface area contributed by atoms with Gasteiger partial charge in [0.2, 0.25) is 0 Å². The first-order chi connectivity index (χ1) is 6.11. The zero-order valence-corrected chi connectivity index (χ0v) is 8.02. The second-order valence-electron chi connectivity index (χ2n) is 2.94. The number of hydrogen-bond acceptors (Lipinski definition) is 5. The standard InChI is InChI=1S/C7H14ClNO4/c1-12-7-6(11)5(10)4(8)3(2-9)13-7/h3-7,10-11H,2,9H2,1H3/t3-,4+,5+,6-,7+/m1/s1. The van der Waals surface area contributed by atoms with Gasteiger partial charge in [-0.25, -0.2) is 0 Å². The average Bonchev–Trinajstić information content (AvgIpc) is 2.15. The van der Waals surface area contributed by atoms with E-state index in [2.05, 4.69) is 0 Å². The molecule has 0 radical (unpaired) electrons. The van der Waals surface area contributed by atoms with Gasteiger partial charge in [-0.15, -0.1) is 11.6 Å². The predicted molar refractivity (Wildman–Crippen MR) is 46.4 cm³/mol. The number of ether oxygens (including phenoxy) is 2.